The fourth-order valence-electron chi connectivity index (χ4n) is 2.28. The summed E-state index contributed by atoms with van der Waals surface area (Å²) >= 11 is 0. The number of hydrogen-bond donors (Lipinski definition) is 2. The van der Waals surface area contributed by atoms with E-state index in [0.717, 1.165) is 62.2 Å². The van der Waals surface area contributed by atoms with Crippen LogP contribution in [0.3, 0.4) is 0 Å². The van der Waals surface area contributed by atoms with Crippen molar-refractivity contribution >= 4 is 5.96 Å². The number of nitrogens with zero attached hydrogens (tertiary/aromatic N) is 1. The van der Waals surface area contributed by atoms with Crippen molar-refractivity contribution in [1.29, 1.82) is 0 Å². The summed E-state index contributed by atoms with van der Waals surface area (Å²) in [6.07, 6.45) is 2.11. The van der Waals surface area contributed by atoms with Crippen molar-refractivity contribution in [2.45, 2.75) is 40.2 Å². The molecule has 0 spiro atoms. The molecule has 0 amide bonds. The first kappa shape index (κ1) is 21.1. The number of rotatable bonds is 12. The predicted octanol–water partition coefficient (Wildman–Crippen LogP) is 2.97. The van der Waals surface area contributed by atoms with Crippen LogP contribution in [-0.4, -0.2) is 46.0 Å². The Bertz CT molecular complexity index is 507. The molecule has 1 aromatic carbocycles. The maximum atomic E-state index is 5.62. The highest BCUT2D eigenvalue weighted by Gasteiger charge is 2.05. The minimum absolute atomic E-state index is 0.582. The van der Waals surface area contributed by atoms with Gasteiger partial charge in [-0.05, 0) is 51.3 Å². The molecule has 0 heterocycles. The topological polar surface area (TPSA) is 64.1 Å². The maximum Gasteiger partial charge on any atom is 0.191 e. The zero-order valence-corrected chi connectivity index (χ0v) is 16.1. The quantitative estimate of drug-likeness (QED) is 0.344. The van der Waals surface area contributed by atoms with Crippen molar-refractivity contribution in [1.82, 2.24) is 10.6 Å². The number of nitrogens with one attached hydrogen (secondary N) is 2. The number of aliphatic imine (C=N–C) groups is 1. The molecular weight excluding hydrogens is 318 g/mol. The molecule has 1 rings (SSSR count). The summed E-state index contributed by atoms with van der Waals surface area (Å²) < 4.78 is 16.3. The number of ether oxygens (including phenoxy) is 3. The van der Waals surface area contributed by atoms with Crippen LogP contribution in [0, 0.1) is 0 Å². The molecule has 0 radical (unpaired) electrons. The summed E-state index contributed by atoms with van der Waals surface area (Å²) in [6.45, 7) is 10.5. The Labute approximate surface area is 152 Å². The second-order valence-electron chi connectivity index (χ2n) is 5.44. The summed E-state index contributed by atoms with van der Waals surface area (Å²) in [5, 5.41) is 6.63. The predicted molar refractivity (Wildman–Crippen MR) is 103 cm³/mol. The molecule has 0 atom stereocenters. The largest absolute Gasteiger partial charge is 0.493 e. The Balaban J connectivity index is 2.56. The van der Waals surface area contributed by atoms with Gasteiger partial charge in [-0.2, -0.15) is 0 Å². The third-order valence-electron chi connectivity index (χ3n) is 3.50. The zero-order chi connectivity index (χ0) is 18.3. The highest BCUT2D eigenvalue weighted by molar-refractivity contribution is 5.79. The van der Waals surface area contributed by atoms with E-state index in [2.05, 4.69) is 22.5 Å². The Morgan fingerprint density at radius 1 is 1.04 bits per heavy atom. The second-order valence-corrected chi connectivity index (χ2v) is 5.44. The molecule has 0 bridgehead atoms. The van der Waals surface area contributed by atoms with Crippen LogP contribution in [0.4, 0.5) is 0 Å². The summed E-state index contributed by atoms with van der Waals surface area (Å²) in [4.78, 5) is 4.64. The van der Waals surface area contributed by atoms with Crippen LogP contribution in [0.1, 0.15) is 39.2 Å². The molecule has 0 aliphatic rings. The standard InChI is InChI=1S/C19H33N3O3/c1-5-20-19(21-12-8-9-13-24-6-2)22-15-16-10-11-17(23-4)18(14-16)25-7-3/h10-11,14H,5-9,12-13,15H2,1-4H3,(H2,20,21,22). The lowest BCUT2D eigenvalue weighted by molar-refractivity contribution is 0.143. The molecular formula is C19H33N3O3. The molecule has 6 nitrogen and oxygen atoms in total. The van der Waals surface area contributed by atoms with E-state index < -0.39 is 0 Å². The van der Waals surface area contributed by atoms with E-state index >= 15 is 0 Å². The van der Waals surface area contributed by atoms with Crippen LogP contribution >= 0.6 is 0 Å². The second kappa shape index (κ2) is 13.4. The van der Waals surface area contributed by atoms with Gasteiger partial charge in [-0.15, -0.1) is 0 Å². The number of benzene rings is 1. The van der Waals surface area contributed by atoms with Crippen LogP contribution in [0.5, 0.6) is 11.5 Å². The maximum absolute atomic E-state index is 5.62. The molecule has 0 saturated carbocycles. The molecule has 0 aromatic heterocycles. The fraction of sp³-hybridized carbons (Fsp3) is 0.632. The summed E-state index contributed by atoms with van der Waals surface area (Å²) in [5.74, 6) is 2.33. The van der Waals surface area contributed by atoms with Gasteiger partial charge in [0.25, 0.3) is 0 Å². The van der Waals surface area contributed by atoms with Crippen molar-refractivity contribution < 1.29 is 14.2 Å². The summed E-state index contributed by atoms with van der Waals surface area (Å²) in [5.41, 5.74) is 1.08. The highest BCUT2D eigenvalue weighted by atomic mass is 16.5. The highest BCUT2D eigenvalue weighted by Crippen LogP contribution is 2.28. The first-order valence-electron chi connectivity index (χ1n) is 9.14. The Kier molecular flexibility index (Phi) is 11.3. The van der Waals surface area contributed by atoms with Gasteiger partial charge < -0.3 is 24.8 Å². The Morgan fingerprint density at radius 3 is 2.56 bits per heavy atom. The molecule has 0 fully saturated rings. The molecule has 6 heteroatoms. The molecule has 2 N–H and O–H groups in total. The van der Waals surface area contributed by atoms with E-state index in [-0.39, 0.29) is 0 Å². The molecule has 142 valence electrons. The number of methoxy groups -OCH3 is 1. The van der Waals surface area contributed by atoms with Gasteiger partial charge in [0.2, 0.25) is 0 Å². The van der Waals surface area contributed by atoms with E-state index in [4.69, 9.17) is 14.2 Å². The van der Waals surface area contributed by atoms with E-state index in [1.807, 2.05) is 32.0 Å². The number of unbranched alkanes of at least 4 members (excludes halogenated alkanes) is 1. The molecule has 0 aliphatic carbocycles. The lowest BCUT2D eigenvalue weighted by Crippen LogP contribution is -2.37. The van der Waals surface area contributed by atoms with E-state index in [1.54, 1.807) is 7.11 Å². The van der Waals surface area contributed by atoms with Crippen molar-refractivity contribution in [3.05, 3.63) is 23.8 Å². The first-order chi connectivity index (χ1) is 12.2. The minimum atomic E-state index is 0.582. The van der Waals surface area contributed by atoms with Crippen LogP contribution < -0.4 is 20.1 Å². The molecule has 25 heavy (non-hydrogen) atoms. The molecule has 0 aliphatic heterocycles. The van der Waals surface area contributed by atoms with E-state index in [9.17, 15) is 0 Å². The summed E-state index contributed by atoms with van der Waals surface area (Å²) in [6, 6.07) is 5.91. The number of guanidine groups is 1. The molecule has 0 unspecified atom stereocenters. The third kappa shape index (κ3) is 8.63. The first-order valence-corrected chi connectivity index (χ1v) is 9.14. The van der Waals surface area contributed by atoms with E-state index in [0.29, 0.717) is 13.2 Å². The molecule has 0 saturated heterocycles. The van der Waals surface area contributed by atoms with Gasteiger partial charge in [0, 0.05) is 26.3 Å². The van der Waals surface area contributed by atoms with Gasteiger partial charge in [-0.3, -0.25) is 0 Å². The van der Waals surface area contributed by atoms with Crippen LogP contribution in [-0.2, 0) is 11.3 Å². The minimum Gasteiger partial charge on any atom is -0.493 e. The normalized spacial score (nSPS) is 11.3. The molecule has 1 aromatic rings. The van der Waals surface area contributed by atoms with Crippen molar-refractivity contribution in [3.63, 3.8) is 0 Å². The van der Waals surface area contributed by atoms with Gasteiger partial charge in [-0.1, -0.05) is 6.07 Å². The average molecular weight is 351 g/mol. The van der Waals surface area contributed by atoms with Crippen molar-refractivity contribution in [2.24, 2.45) is 4.99 Å². The SMILES string of the molecule is CCNC(=NCc1ccc(OC)c(OCC)c1)NCCCCOCC. The fourth-order valence-corrected chi connectivity index (χ4v) is 2.28. The van der Waals surface area contributed by atoms with Crippen LogP contribution in [0.15, 0.2) is 23.2 Å². The van der Waals surface area contributed by atoms with Crippen molar-refractivity contribution in [3.8, 4) is 11.5 Å². The smallest absolute Gasteiger partial charge is 0.191 e. The monoisotopic (exact) mass is 351 g/mol. The van der Waals surface area contributed by atoms with Crippen LogP contribution in [0.25, 0.3) is 0 Å². The Morgan fingerprint density at radius 2 is 1.88 bits per heavy atom. The average Bonchev–Trinajstić information content (AvgIpc) is 2.63. The van der Waals surface area contributed by atoms with Gasteiger partial charge in [0.1, 0.15) is 0 Å². The third-order valence-corrected chi connectivity index (χ3v) is 3.50. The van der Waals surface area contributed by atoms with Gasteiger partial charge in [0.05, 0.1) is 20.3 Å². The van der Waals surface area contributed by atoms with E-state index in [1.165, 1.54) is 0 Å². The van der Waals surface area contributed by atoms with Gasteiger partial charge in [0.15, 0.2) is 17.5 Å². The zero-order valence-electron chi connectivity index (χ0n) is 16.1. The van der Waals surface area contributed by atoms with Crippen LogP contribution in [0.2, 0.25) is 0 Å². The Hall–Kier alpha value is -1.95. The lowest BCUT2D eigenvalue weighted by atomic mass is 10.2. The van der Waals surface area contributed by atoms with Gasteiger partial charge >= 0.3 is 0 Å². The lowest BCUT2D eigenvalue weighted by Gasteiger charge is -2.12. The summed E-state index contributed by atoms with van der Waals surface area (Å²) in [7, 11) is 1.65. The number of hydrogen-bond acceptors (Lipinski definition) is 4. The van der Waals surface area contributed by atoms with Crippen molar-refractivity contribution in [2.75, 3.05) is 40.0 Å². The van der Waals surface area contributed by atoms with Gasteiger partial charge in [-0.25, -0.2) is 4.99 Å².